The lowest BCUT2D eigenvalue weighted by molar-refractivity contribution is -0.122. The van der Waals surface area contributed by atoms with Crippen LogP contribution < -0.4 is 10.2 Å². The summed E-state index contributed by atoms with van der Waals surface area (Å²) < 4.78 is 19.6. The summed E-state index contributed by atoms with van der Waals surface area (Å²) >= 11 is 0. The van der Waals surface area contributed by atoms with E-state index in [0.717, 1.165) is 0 Å². The molecule has 1 aromatic carbocycles. The van der Waals surface area contributed by atoms with E-state index in [1.165, 1.54) is 18.0 Å². The first-order valence-electron chi connectivity index (χ1n) is 8.05. The van der Waals surface area contributed by atoms with E-state index in [0.29, 0.717) is 32.0 Å². The van der Waals surface area contributed by atoms with E-state index in [-0.39, 0.29) is 30.0 Å². The second-order valence-electron chi connectivity index (χ2n) is 6.15. The van der Waals surface area contributed by atoms with Crippen LogP contribution in [-0.4, -0.2) is 62.7 Å². The van der Waals surface area contributed by atoms with Crippen LogP contribution in [0.15, 0.2) is 18.2 Å². The highest BCUT2D eigenvalue weighted by molar-refractivity contribution is 5.96. The molecule has 0 aliphatic carbocycles. The maximum Gasteiger partial charge on any atom is 0.254 e. The molecule has 1 aliphatic rings. The predicted molar refractivity (Wildman–Crippen MR) is 89.7 cm³/mol. The van der Waals surface area contributed by atoms with Gasteiger partial charge in [-0.05, 0) is 32.0 Å². The third-order valence-corrected chi connectivity index (χ3v) is 3.72. The van der Waals surface area contributed by atoms with Crippen LogP contribution in [-0.2, 0) is 9.53 Å². The van der Waals surface area contributed by atoms with Crippen molar-refractivity contribution in [1.29, 1.82) is 0 Å². The zero-order valence-corrected chi connectivity index (χ0v) is 14.3. The quantitative estimate of drug-likeness (QED) is 0.879. The van der Waals surface area contributed by atoms with Crippen LogP contribution in [0.3, 0.4) is 0 Å². The van der Waals surface area contributed by atoms with Gasteiger partial charge in [-0.2, -0.15) is 0 Å². The van der Waals surface area contributed by atoms with Crippen molar-refractivity contribution in [3.63, 3.8) is 0 Å². The van der Waals surface area contributed by atoms with Gasteiger partial charge < -0.3 is 19.9 Å². The van der Waals surface area contributed by atoms with Gasteiger partial charge in [0.1, 0.15) is 5.82 Å². The highest BCUT2D eigenvalue weighted by atomic mass is 19.1. The van der Waals surface area contributed by atoms with E-state index in [1.54, 1.807) is 12.1 Å². The minimum Gasteiger partial charge on any atom is -0.378 e. The Labute approximate surface area is 141 Å². The summed E-state index contributed by atoms with van der Waals surface area (Å²) in [4.78, 5) is 27.3. The maximum atomic E-state index is 14.4. The first kappa shape index (κ1) is 18.2. The van der Waals surface area contributed by atoms with Gasteiger partial charge in [0.05, 0.1) is 25.4 Å². The number of carbonyl (C=O) groups is 2. The van der Waals surface area contributed by atoms with Crippen molar-refractivity contribution in [2.45, 2.75) is 19.9 Å². The second-order valence-corrected chi connectivity index (χ2v) is 6.15. The van der Waals surface area contributed by atoms with Crippen LogP contribution in [0, 0.1) is 5.82 Å². The number of halogens is 1. The zero-order chi connectivity index (χ0) is 17.7. The van der Waals surface area contributed by atoms with E-state index in [1.807, 2.05) is 18.7 Å². The summed E-state index contributed by atoms with van der Waals surface area (Å²) in [5.74, 6) is -1.07. The van der Waals surface area contributed by atoms with Crippen molar-refractivity contribution in [1.82, 2.24) is 10.2 Å². The Morgan fingerprint density at radius 2 is 2.00 bits per heavy atom. The fourth-order valence-electron chi connectivity index (χ4n) is 2.58. The molecule has 6 nitrogen and oxygen atoms in total. The maximum absolute atomic E-state index is 14.4. The molecule has 1 fully saturated rings. The minimum absolute atomic E-state index is 0.00579. The Morgan fingerprint density at radius 3 is 2.58 bits per heavy atom. The van der Waals surface area contributed by atoms with E-state index in [2.05, 4.69) is 5.32 Å². The molecule has 0 atom stereocenters. The normalized spacial score (nSPS) is 14.6. The number of amides is 2. The largest absolute Gasteiger partial charge is 0.378 e. The number of carbonyl (C=O) groups excluding carboxylic acids is 2. The molecule has 0 unspecified atom stereocenters. The highest BCUT2D eigenvalue weighted by Gasteiger charge is 2.19. The van der Waals surface area contributed by atoms with Crippen molar-refractivity contribution < 1.29 is 18.7 Å². The average Bonchev–Trinajstić information content (AvgIpc) is 2.54. The predicted octanol–water partition coefficient (Wildman–Crippen LogP) is 1.26. The summed E-state index contributed by atoms with van der Waals surface area (Å²) in [5, 5.41) is 2.72. The molecule has 1 aromatic rings. The van der Waals surface area contributed by atoms with Gasteiger partial charge in [0.25, 0.3) is 5.91 Å². The van der Waals surface area contributed by atoms with E-state index >= 15 is 0 Å². The first-order chi connectivity index (χ1) is 11.4. The molecular weight excluding hydrogens is 313 g/mol. The average molecular weight is 337 g/mol. The van der Waals surface area contributed by atoms with Crippen molar-refractivity contribution in [2.24, 2.45) is 0 Å². The lowest BCUT2D eigenvalue weighted by atomic mass is 10.1. The van der Waals surface area contributed by atoms with Crippen LogP contribution in [0.1, 0.15) is 24.2 Å². The van der Waals surface area contributed by atoms with Crippen LogP contribution in [0.4, 0.5) is 10.1 Å². The summed E-state index contributed by atoms with van der Waals surface area (Å²) in [6.07, 6.45) is 0. The van der Waals surface area contributed by atoms with E-state index in [9.17, 15) is 14.0 Å². The molecule has 0 saturated carbocycles. The summed E-state index contributed by atoms with van der Waals surface area (Å²) in [7, 11) is 1.52. The third-order valence-electron chi connectivity index (χ3n) is 3.72. The van der Waals surface area contributed by atoms with Gasteiger partial charge in [-0.3, -0.25) is 9.59 Å². The molecular formula is C17H24FN3O3. The standard InChI is InChI=1S/C17H24FN3O3/c1-12(2)19-16(22)11-20(3)17(23)13-4-5-15(14(18)10-13)21-6-8-24-9-7-21/h4-5,10,12H,6-9,11H2,1-3H3,(H,19,22). The molecule has 2 rings (SSSR count). The molecule has 7 heteroatoms. The molecule has 0 spiro atoms. The van der Waals surface area contributed by atoms with Crippen molar-refractivity contribution in [3.8, 4) is 0 Å². The van der Waals surface area contributed by atoms with Crippen molar-refractivity contribution in [3.05, 3.63) is 29.6 Å². The number of nitrogens with one attached hydrogen (secondary N) is 1. The fourth-order valence-corrected chi connectivity index (χ4v) is 2.58. The first-order valence-corrected chi connectivity index (χ1v) is 8.05. The van der Waals surface area contributed by atoms with Gasteiger partial charge in [-0.1, -0.05) is 0 Å². The summed E-state index contributed by atoms with van der Waals surface area (Å²) in [5.41, 5.74) is 0.694. The molecule has 0 radical (unpaired) electrons. The SMILES string of the molecule is CC(C)NC(=O)CN(C)C(=O)c1ccc(N2CCOCC2)c(F)c1. The Balaban J connectivity index is 2.04. The third kappa shape index (κ3) is 4.67. The topological polar surface area (TPSA) is 61.9 Å². The van der Waals surface area contributed by atoms with Gasteiger partial charge in [-0.15, -0.1) is 0 Å². The van der Waals surface area contributed by atoms with E-state index in [4.69, 9.17) is 4.74 Å². The molecule has 1 N–H and O–H groups in total. The number of nitrogens with zero attached hydrogens (tertiary/aromatic N) is 2. The molecule has 1 aliphatic heterocycles. The van der Waals surface area contributed by atoms with Gasteiger partial charge in [0.2, 0.25) is 5.91 Å². The number of hydrogen-bond acceptors (Lipinski definition) is 4. The van der Waals surface area contributed by atoms with Crippen molar-refractivity contribution >= 4 is 17.5 Å². The Hall–Kier alpha value is -2.15. The van der Waals surface area contributed by atoms with Crippen LogP contribution in [0.2, 0.25) is 0 Å². The molecule has 132 valence electrons. The van der Waals surface area contributed by atoms with Gasteiger partial charge in [-0.25, -0.2) is 4.39 Å². The van der Waals surface area contributed by atoms with Gasteiger partial charge in [0, 0.05) is 31.7 Å². The van der Waals surface area contributed by atoms with Crippen LogP contribution >= 0.6 is 0 Å². The Morgan fingerprint density at radius 1 is 1.33 bits per heavy atom. The van der Waals surface area contributed by atoms with E-state index < -0.39 is 5.82 Å². The summed E-state index contributed by atoms with van der Waals surface area (Å²) in [6.45, 7) is 6.00. The number of anilines is 1. The number of ether oxygens (including phenoxy) is 1. The molecule has 1 heterocycles. The highest BCUT2D eigenvalue weighted by Crippen LogP contribution is 2.22. The lowest BCUT2D eigenvalue weighted by Gasteiger charge is -2.29. The molecule has 2 amide bonds. The molecule has 24 heavy (non-hydrogen) atoms. The number of likely N-dealkylation sites (N-methyl/N-ethyl adjacent to an activating group) is 1. The van der Waals surface area contributed by atoms with Crippen LogP contribution in [0.25, 0.3) is 0 Å². The van der Waals surface area contributed by atoms with Crippen LogP contribution in [0.5, 0.6) is 0 Å². The van der Waals surface area contributed by atoms with Crippen molar-refractivity contribution in [2.75, 3.05) is 44.8 Å². The second kappa shape index (κ2) is 8.10. The molecule has 0 bridgehead atoms. The Kier molecular flexibility index (Phi) is 6.14. The van der Waals surface area contributed by atoms with Gasteiger partial charge in [0.15, 0.2) is 0 Å². The zero-order valence-electron chi connectivity index (χ0n) is 14.3. The Bertz CT molecular complexity index is 601. The summed E-state index contributed by atoms with van der Waals surface area (Å²) in [6, 6.07) is 4.43. The molecule has 0 aromatic heterocycles. The lowest BCUT2D eigenvalue weighted by Crippen LogP contribution is -2.41. The number of morpholine rings is 1. The molecule has 1 saturated heterocycles. The van der Waals surface area contributed by atoms with Gasteiger partial charge >= 0.3 is 0 Å². The smallest absolute Gasteiger partial charge is 0.254 e. The number of hydrogen-bond donors (Lipinski definition) is 1. The monoisotopic (exact) mass is 337 g/mol. The number of benzene rings is 1. The minimum atomic E-state index is -0.442. The number of rotatable bonds is 5. The fraction of sp³-hybridized carbons (Fsp3) is 0.529.